The molecule has 0 radical (unpaired) electrons. The zero-order chi connectivity index (χ0) is 20.6. The number of carbonyl (C=O) groups excluding carboxylic acids is 2. The van der Waals surface area contributed by atoms with Crippen LogP contribution in [0.3, 0.4) is 0 Å². The smallest absolute Gasteiger partial charge is 0.255 e. The number of imidazole rings is 1. The van der Waals surface area contributed by atoms with Crippen molar-refractivity contribution in [2.24, 2.45) is 7.05 Å². The van der Waals surface area contributed by atoms with Crippen LogP contribution in [0.1, 0.15) is 29.3 Å². The second-order valence-corrected chi connectivity index (χ2v) is 7.58. The normalized spacial score (nSPS) is 10.6. The minimum absolute atomic E-state index is 0.123. The molecule has 7 heteroatoms. The maximum absolute atomic E-state index is 12.4. The number of hydrogen-bond acceptors (Lipinski definition) is 4. The molecule has 3 rings (SSSR count). The molecule has 2 amide bonds. The third-order valence-corrected chi connectivity index (χ3v) is 5.35. The van der Waals surface area contributed by atoms with Gasteiger partial charge >= 0.3 is 0 Å². The number of anilines is 2. The van der Waals surface area contributed by atoms with Gasteiger partial charge in [-0.1, -0.05) is 37.2 Å². The Bertz CT molecular complexity index is 965. The van der Waals surface area contributed by atoms with E-state index in [1.807, 2.05) is 42.1 Å². The Morgan fingerprint density at radius 2 is 1.66 bits per heavy atom. The summed E-state index contributed by atoms with van der Waals surface area (Å²) >= 11 is 1.37. The summed E-state index contributed by atoms with van der Waals surface area (Å²) in [6.07, 6.45) is 5.66. The first-order chi connectivity index (χ1) is 14.0. The third kappa shape index (κ3) is 5.96. The number of thioether (sulfide) groups is 1. The fourth-order valence-electron chi connectivity index (χ4n) is 2.77. The summed E-state index contributed by atoms with van der Waals surface area (Å²) in [6, 6.07) is 14.7. The van der Waals surface area contributed by atoms with Crippen LogP contribution in [0.15, 0.2) is 66.1 Å². The monoisotopic (exact) mass is 408 g/mol. The van der Waals surface area contributed by atoms with E-state index in [1.54, 1.807) is 30.5 Å². The van der Waals surface area contributed by atoms with E-state index in [-0.39, 0.29) is 17.6 Å². The van der Waals surface area contributed by atoms with Gasteiger partial charge in [0.1, 0.15) is 0 Å². The molecule has 0 aliphatic carbocycles. The molecule has 150 valence electrons. The summed E-state index contributed by atoms with van der Waals surface area (Å²) in [4.78, 5) is 28.7. The molecule has 0 saturated heterocycles. The second-order valence-electron chi connectivity index (χ2n) is 6.64. The number of amides is 2. The van der Waals surface area contributed by atoms with Crippen LogP contribution in [0.4, 0.5) is 11.4 Å². The maximum atomic E-state index is 12.4. The van der Waals surface area contributed by atoms with Gasteiger partial charge in [-0.25, -0.2) is 4.98 Å². The summed E-state index contributed by atoms with van der Waals surface area (Å²) in [6.45, 7) is 2.14. The van der Waals surface area contributed by atoms with E-state index in [0.29, 0.717) is 11.3 Å². The summed E-state index contributed by atoms with van der Waals surface area (Å²) in [5.74, 6) is -0.0416. The van der Waals surface area contributed by atoms with Gasteiger partial charge in [0.2, 0.25) is 5.91 Å². The SMILES string of the molecule is CCCc1ccc(NC(=O)c2ccc(NC(=O)CSc3nccn3C)cc2)cc1. The molecule has 0 aliphatic rings. The van der Waals surface area contributed by atoms with E-state index in [0.717, 1.165) is 23.7 Å². The van der Waals surface area contributed by atoms with Crippen molar-refractivity contribution in [3.63, 3.8) is 0 Å². The average Bonchev–Trinajstić information content (AvgIpc) is 3.13. The number of carbonyl (C=O) groups is 2. The van der Waals surface area contributed by atoms with E-state index in [1.165, 1.54) is 17.3 Å². The predicted octanol–water partition coefficient (Wildman–Crippen LogP) is 4.36. The van der Waals surface area contributed by atoms with Gasteiger partial charge in [-0.3, -0.25) is 9.59 Å². The summed E-state index contributed by atoms with van der Waals surface area (Å²) in [7, 11) is 1.89. The highest BCUT2D eigenvalue weighted by Gasteiger charge is 2.09. The number of rotatable bonds is 8. The molecule has 2 N–H and O–H groups in total. The zero-order valence-corrected chi connectivity index (χ0v) is 17.3. The fraction of sp³-hybridized carbons (Fsp3) is 0.227. The molecular formula is C22H24N4O2S. The molecule has 1 heterocycles. The van der Waals surface area contributed by atoms with Crippen LogP contribution in [0.5, 0.6) is 0 Å². The maximum Gasteiger partial charge on any atom is 0.255 e. The van der Waals surface area contributed by atoms with E-state index >= 15 is 0 Å². The molecule has 6 nitrogen and oxygen atoms in total. The molecule has 29 heavy (non-hydrogen) atoms. The van der Waals surface area contributed by atoms with Gasteiger partial charge in [-0.15, -0.1) is 0 Å². The summed E-state index contributed by atoms with van der Waals surface area (Å²) in [5, 5.41) is 6.51. The third-order valence-electron chi connectivity index (χ3n) is 4.29. The Labute approximate surface area is 174 Å². The molecule has 0 aliphatic heterocycles. The van der Waals surface area contributed by atoms with E-state index in [4.69, 9.17) is 0 Å². The fourth-order valence-corrected chi connectivity index (χ4v) is 3.50. The summed E-state index contributed by atoms with van der Waals surface area (Å²) in [5.41, 5.74) is 3.20. The minimum Gasteiger partial charge on any atom is -0.329 e. The van der Waals surface area contributed by atoms with E-state index in [2.05, 4.69) is 22.5 Å². The Hall–Kier alpha value is -3.06. The number of nitrogens with zero attached hydrogens (tertiary/aromatic N) is 2. The molecule has 0 fully saturated rings. The molecule has 0 unspecified atom stereocenters. The van der Waals surface area contributed by atoms with Crippen molar-refractivity contribution in [2.45, 2.75) is 24.9 Å². The standard InChI is InChI=1S/C22H24N4O2S/c1-3-4-16-5-9-19(10-6-16)25-21(28)17-7-11-18(12-8-17)24-20(27)15-29-22-23-13-14-26(22)2/h5-14H,3-4,15H2,1-2H3,(H,24,27)(H,25,28). The molecule has 1 aromatic heterocycles. The Balaban J connectivity index is 1.51. The lowest BCUT2D eigenvalue weighted by atomic mass is 10.1. The minimum atomic E-state index is -0.184. The van der Waals surface area contributed by atoms with Crippen molar-refractivity contribution in [2.75, 3.05) is 16.4 Å². The van der Waals surface area contributed by atoms with Crippen molar-refractivity contribution in [1.29, 1.82) is 0 Å². The zero-order valence-electron chi connectivity index (χ0n) is 16.5. The van der Waals surface area contributed by atoms with Crippen LogP contribution in [0, 0.1) is 0 Å². The Morgan fingerprint density at radius 1 is 1.00 bits per heavy atom. The predicted molar refractivity (Wildman–Crippen MR) is 117 cm³/mol. The van der Waals surface area contributed by atoms with Crippen molar-refractivity contribution in [3.05, 3.63) is 72.1 Å². The lowest BCUT2D eigenvalue weighted by molar-refractivity contribution is -0.113. The average molecular weight is 409 g/mol. The van der Waals surface area contributed by atoms with Gasteiger partial charge in [0.15, 0.2) is 5.16 Å². The van der Waals surface area contributed by atoms with Crippen molar-refractivity contribution >= 4 is 35.0 Å². The van der Waals surface area contributed by atoms with Crippen LogP contribution in [-0.2, 0) is 18.3 Å². The molecule has 0 saturated carbocycles. The molecule has 2 aromatic carbocycles. The second kappa shape index (κ2) is 9.93. The van der Waals surface area contributed by atoms with Gasteiger partial charge in [-0.05, 0) is 48.4 Å². The van der Waals surface area contributed by atoms with E-state index < -0.39 is 0 Å². The Kier molecular flexibility index (Phi) is 7.08. The van der Waals surface area contributed by atoms with Crippen LogP contribution < -0.4 is 10.6 Å². The number of hydrogen-bond donors (Lipinski definition) is 2. The molecule has 3 aromatic rings. The first-order valence-electron chi connectivity index (χ1n) is 9.45. The largest absolute Gasteiger partial charge is 0.329 e. The number of nitrogens with one attached hydrogen (secondary N) is 2. The first-order valence-corrected chi connectivity index (χ1v) is 10.4. The van der Waals surface area contributed by atoms with Gasteiger partial charge in [-0.2, -0.15) is 0 Å². The number of aryl methyl sites for hydroxylation is 2. The Morgan fingerprint density at radius 3 is 2.28 bits per heavy atom. The van der Waals surface area contributed by atoms with E-state index in [9.17, 15) is 9.59 Å². The van der Waals surface area contributed by atoms with Crippen LogP contribution >= 0.6 is 11.8 Å². The highest BCUT2D eigenvalue weighted by molar-refractivity contribution is 7.99. The summed E-state index contributed by atoms with van der Waals surface area (Å²) < 4.78 is 1.86. The van der Waals surface area contributed by atoms with Crippen molar-refractivity contribution in [1.82, 2.24) is 9.55 Å². The van der Waals surface area contributed by atoms with Crippen LogP contribution in [0.2, 0.25) is 0 Å². The van der Waals surface area contributed by atoms with Gasteiger partial charge in [0, 0.05) is 36.4 Å². The first kappa shape index (κ1) is 20.7. The molecule has 0 bridgehead atoms. The number of aromatic nitrogens is 2. The molecule has 0 atom stereocenters. The lowest BCUT2D eigenvalue weighted by Gasteiger charge is -2.08. The van der Waals surface area contributed by atoms with Gasteiger partial charge in [0.05, 0.1) is 5.75 Å². The van der Waals surface area contributed by atoms with Gasteiger partial charge < -0.3 is 15.2 Å². The van der Waals surface area contributed by atoms with Gasteiger partial charge in [0.25, 0.3) is 5.91 Å². The van der Waals surface area contributed by atoms with Crippen LogP contribution in [0.25, 0.3) is 0 Å². The quantitative estimate of drug-likeness (QED) is 0.543. The highest BCUT2D eigenvalue weighted by atomic mass is 32.2. The van der Waals surface area contributed by atoms with Crippen molar-refractivity contribution < 1.29 is 9.59 Å². The topological polar surface area (TPSA) is 76.0 Å². The number of benzene rings is 2. The molecule has 0 spiro atoms. The van der Waals surface area contributed by atoms with Crippen LogP contribution in [-0.4, -0.2) is 27.1 Å². The van der Waals surface area contributed by atoms with Crippen molar-refractivity contribution in [3.8, 4) is 0 Å². The highest BCUT2D eigenvalue weighted by Crippen LogP contribution is 2.17. The lowest BCUT2D eigenvalue weighted by Crippen LogP contribution is -2.15. The molecular weight excluding hydrogens is 384 g/mol.